The van der Waals surface area contributed by atoms with Gasteiger partial charge in [0.25, 0.3) is 0 Å². The first-order valence-electron chi connectivity index (χ1n) is 9.85. The van der Waals surface area contributed by atoms with Gasteiger partial charge in [-0.25, -0.2) is 23.4 Å². The highest BCUT2D eigenvalue weighted by Gasteiger charge is 2.36. The highest BCUT2D eigenvalue weighted by molar-refractivity contribution is 7.88. The fraction of sp³-hybridized carbons (Fsp3) is 0.333. The minimum absolute atomic E-state index is 0.0217. The standard InChI is InChI=1S/C21H24N6O2S/c1-15-11-16(2)24-21(23-15)26-20-13-22-12-18(25-20)19-9-6-10-27(19)30(28,29)14-17-7-4-3-5-8-17/h3-5,7-8,11-13,19H,6,9-10,14H2,1-2H3,(H,23,24,25,26). The summed E-state index contributed by atoms with van der Waals surface area (Å²) in [5.41, 5.74) is 3.10. The van der Waals surface area contributed by atoms with Crippen LogP contribution in [0.2, 0.25) is 0 Å². The van der Waals surface area contributed by atoms with Crippen molar-refractivity contribution in [1.29, 1.82) is 0 Å². The molecule has 9 heteroatoms. The van der Waals surface area contributed by atoms with Crippen LogP contribution in [0.25, 0.3) is 0 Å². The van der Waals surface area contributed by atoms with Gasteiger partial charge in [-0.3, -0.25) is 4.98 Å². The van der Waals surface area contributed by atoms with Crippen molar-refractivity contribution >= 4 is 21.8 Å². The van der Waals surface area contributed by atoms with E-state index in [-0.39, 0.29) is 11.8 Å². The van der Waals surface area contributed by atoms with Gasteiger partial charge in [-0.15, -0.1) is 0 Å². The number of sulfonamides is 1. The number of hydrogen-bond donors (Lipinski definition) is 1. The quantitative estimate of drug-likeness (QED) is 0.648. The van der Waals surface area contributed by atoms with Crippen molar-refractivity contribution in [2.45, 2.75) is 38.5 Å². The molecule has 1 saturated heterocycles. The third-order valence-electron chi connectivity index (χ3n) is 4.97. The van der Waals surface area contributed by atoms with Crippen LogP contribution in [0.15, 0.2) is 48.8 Å². The molecule has 1 atom stereocenters. The van der Waals surface area contributed by atoms with Crippen molar-refractivity contribution in [2.24, 2.45) is 0 Å². The molecule has 0 aliphatic carbocycles. The molecular weight excluding hydrogens is 400 g/mol. The van der Waals surface area contributed by atoms with E-state index in [9.17, 15) is 8.42 Å². The Hall–Kier alpha value is -2.91. The maximum atomic E-state index is 13.1. The largest absolute Gasteiger partial charge is 0.307 e. The average Bonchev–Trinajstić information content (AvgIpc) is 3.19. The first-order chi connectivity index (χ1) is 14.4. The summed E-state index contributed by atoms with van der Waals surface area (Å²) in [7, 11) is -3.47. The SMILES string of the molecule is Cc1cc(C)nc(Nc2cncc(C3CCCN3S(=O)(=O)Cc3ccccc3)n2)n1. The van der Waals surface area contributed by atoms with Crippen LogP contribution < -0.4 is 5.32 Å². The van der Waals surface area contributed by atoms with Crippen LogP contribution in [0.3, 0.4) is 0 Å². The molecule has 4 rings (SSSR count). The maximum Gasteiger partial charge on any atom is 0.228 e. The van der Waals surface area contributed by atoms with Gasteiger partial charge in [0.1, 0.15) is 0 Å². The minimum atomic E-state index is -3.47. The summed E-state index contributed by atoms with van der Waals surface area (Å²) in [6.07, 6.45) is 4.72. The molecule has 3 aromatic rings. The van der Waals surface area contributed by atoms with Crippen LogP contribution in [0.5, 0.6) is 0 Å². The molecule has 30 heavy (non-hydrogen) atoms. The molecule has 1 aliphatic heterocycles. The van der Waals surface area contributed by atoms with Crippen molar-refractivity contribution in [2.75, 3.05) is 11.9 Å². The predicted molar refractivity (Wildman–Crippen MR) is 115 cm³/mol. The molecule has 3 heterocycles. The highest BCUT2D eigenvalue weighted by atomic mass is 32.2. The van der Waals surface area contributed by atoms with E-state index in [4.69, 9.17) is 0 Å². The highest BCUT2D eigenvalue weighted by Crippen LogP contribution is 2.34. The average molecular weight is 425 g/mol. The van der Waals surface area contributed by atoms with Crippen molar-refractivity contribution in [3.05, 3.63) is 71.4 Å². The second-order valence-corrected chi connectivity index (χ2v) is 9.36. The Labute approximate surface area is 176 Å². The van der Waals surface area contributed by atoms with Gasteiger partial charge >= 0.3 is 0 Å². The van der Waals surface area contributed by atoms with Crippen LogP contribution in [0.1, 0.15) is 41.5 Å². The molecule has 2 aromatic heterocycles. The monoisotopic (exact) mass is 424 g/mol. The second kappa shape index (κ2) is 8.45. The first-order valence-corrected chi connectivity index (χ1v) is 11.5. The van der Waals surface area contributed by atoms with Gasteiger partial charge in [-0.05, 0) is 38.3 Å². The van der Waals surface area contributed by atoms with E-state index >= 15 is 0 Å². The summed E-state index contributed by atoms with van der Waals surface area (Å²) in [6, 6.07) is 10.8. The lowest BCUT2D eigenvalue weighted by Crippen LogP contribution is -2.32. The normalized spacial score (nSPS) is 17.2. The molecule has 0 radical (unpaired) electrons. The molecule has 1 aliphatic rings. The molecule has 8 nitrogen and oxygen atoms in total. The van der Waals surface area contributed by atoms with E-state index in [0.717, 1.165) is 23.4 Å². The van der Waals surface area contributed by atoms with Crippen molar-refractivity contribution in [3.8, 4) is 0 Å². The zero-order valence-corrected chi connectivity index (χ0v) is 17.8. The van der Waals surface area contributed by atoms with E-state index < -0.39 is 10.0 Å². The molecule has 156 valence electrons. The van der Waals surface area contributed by atoms with E-state index in [1.807, 2.05) is 50.2 Å². The summed E-state index contributed by atoms with van der Waals surface area (Å²) < 4.78 is 27.7. The van der Waals surface area contributed by atoms with Crippen LogP contribution in [-0.4, -0.2) is 39.2 Å². The maximum absolute atomic E-state index is 13.1. The van der Waals surface area contributed by atoms with Crippen molar-refractivity contribution in [1.82, 2.24) is 24.2 Å². The van der Waals surface area contributed by atoms with E-state index in [1.165, 1.54) is 0 Å². The molecule has 1 N–H and O–H groups in total. The molecule has 0 amide bonds. The summed E-state index contributed by atoms with van der Waals surface area (Å²) in [6.45, 7) is 4.28. The Balaban J connectivity index is 1.56. The fourth-order valence-corrected chi connectivity index (χ4v) is 5.52. The summed E-state index contributed by atoms with van der Waals surface area (Å²) in [5, 5.41) is 3.08. The zero-order chi connectivity index (χ0) is 21.1. The second-order valence-electron chi connectivity index (χ2n) is 7.44. The summed E-state index contributed by atoms with van der Waals surface area (Å²) in [5.74, 6) is 0.912. The van der Waals surface area contributed by atoms with Crippen LogP contribution in [0.4, 0.5) is 11.8 Å². The third kappa shape index (κ3) is 4.63. The van der Waals surface area contributed by atoms with Crippen molar-refractivity contribution < 1.29 is 8.42 Å². The van der Waals surface area contributed by atoms with Crippen LogP contribution in [-0.2, 0) is 15.8 Å². The Bertz CT molecular complexity index is 1120. The van der Waals surface area contributed by atoms with E-state index in [0.29, 0.717) is 30.4 Å². The molecule has 1 fully saturated rings. The summed E-state index contributed by atoms with van der Waals surface area (Å²) >= 11 is 0. The lowest BCUT2D eigenvalue weighted by Gasteiger charge is -2.24. The molecule has 0 saturated carbocycles. The number of hydrogen-bond acceptors (Lipinski definition) is 7. The Morgan fingerprint density at radius 3 is 2.53 bits per heavy atom. The number of anilines is 2. The number of rotatable bonds is 6. The van der Waals surface area contributed by atoms with Gasteiger partial charge in [0, 0.05) is 17.9 Å². The molecule has 0 spiro atoms. The smallest absolute Gasteiger partial charge is 0.228 e. The first kappa shape index (κ1) is 20.4. The van der Waals surface area contributed by atoms with Crippen LogP contribution in [0, 0.1) is 13.8 Å². The van der Waals surface area contributed by atoms with Gasteiger partial charge in [0.15, 0.2) is 5.82 Å². The fourth-order valence-electron chi connectivity index (χ4n) is 3.73. The lowest BCUT2D eigenvalue weighted by atomic mass is 10.2. The van der Waals surface area contributed by atoms with E-state index in [2.05, 4.69) is 25.3 Å². The third-order valence-corrected chi connectivity index (χ3v) is 6.82. The van der Waals surface area contributed by atoms with Crippen LogP contribution >= 0.6 is 0 Å². The topological polar surface area (TPSA) is 101 Å². The van der Waals surface area contributed by atoms with Gasteiger partial charge in [0.2, 0.25) is 16.0 Å². The Kier molecular flexibility index (Phi) is 5.74. The van der Waals surface area contributed by atoms with Crippen molar-refractivity contribution in [3.63, 3.8) is 0 Å². The van der Waals surface area contributed by atoms with Gasteiger partial charge in [-0.2, -0.15) is 4.31 Å². The zero-order valence-electron chi connectivity index (χ0n) is 17.0. The molecule has 0 bridgehead atoms. The van der Waals surface area contributed by atoms with Gasteiger partial charge < -0.3 is 5.32 Å². The number of aryl methyl sites for hydroxylation is 2. The van der Waals surface area contributed by atoms with E-state index in [1.54, 1.807) is 16.7 Å². The Morgan fingerprint density at radius 2 is 1.80 bits per heavy atom. The number of aromatic nitrogens is 4. The summed E-state index contributed by atoms with van der Waals surface area (Å²) in [4.78, 5) is 17.6. The van der Waals surface area contributed by atoms with Gasteiger partial charge in [-0.1, -0.05) is 30.3 Å². The van der Waals surface area contributed by atoms with Gasteiger partial charge in [0.05, 0.1) is 29.9 Å². The Morgan fingerprint density at radius 1 is 1.07 bits per heavy atom. The lowest BCUT2D eigenvalue weighted by molar-refractivity contribution is 0.389. The predicted octanol–water partition coefficient (Wildman–Crippen LogP) is 3.29. The number of benzene rings is 1. The number of nitrogens with zero attached hydrogens (tertiary/aromatic N) is 5. The number of nitrogens with one attached hydrogen (secondary N) is 1. The minimum Gasteiger partial charge on any atom is -0.307 e. The molecule has 1 unspecified atom stereocenters. The molecule has 1 aromatic carbocycles. The molecular formula is C21H24N6O2S.